The van der Waals surface area contributed by atoms with E-state index in [2.05, 4.69) is 20.7 Å². The molecule has 2 aliphatic heterocycles. The van der Waals surface area contributed by atoms with E-state index < -0.39 is 48.0 Å². The zero-order valence-corrected chi connectivity index (χ0v) is 23.8. The molecule has 0 bridgehead atoms. The van der Waals surface area contributed by atoms with Gasteiger partial charge in [0.2, 0.25) is 5.91 Å². The molecule has 3 amide bonds. The number of alkyl halides is 5. The lowest BCUT2D eigenvalue weighted by molar-refractivity contribution is -0.141. The Morgan fingerprint density at radius 1 is 1.07 bits per heavy atom. The van der Waals surface area contributed by atoms with Gasteiger partial charge in [0, 0.05) is 51.0 Å². The summed E-state index contributed by atoms with van der Waals surface area (Å²) in [7, 11) is 1.26. The van der Waals surface area contributed by atoms with E-state index in [1.165, 1.54) is 24.1 Å². The van der Waals surface area contributed by atoms with Crippen molar-refractivity contribution in [2.75, 3.05) is 44.6 Å². The third-order valence-corrected chi connectivity index (χ3v) is 8.54. The van der Waals surface area contributed by atoms with Crippen molar-refractivity contribution in [3.63, 3.8) is 0 Å². The highest BCUT2D eigenvalue weighted by Gasteiger charge is 2.58. The molecule has 0 unspecified atom stereocenters. The third kappa shape index (κ3) is 5.87. The predicted molar refractivity (Wildman–Crippen MR) is 146 cm³/mol. The lowest BCUT2D eigenvalue weighted by atomic mass is 10.1. The van der Waals surface area contributed by atoms with Gasteiger partial charge in [-0.3, -0.25) is 19.1 Å². The average molecular weight is 639 g/mol. The summed E-state index contributed by atoms with van der Waals surface area (Å²) in [6.45, 7) is 1.84. The number of benzene rings is 1. The molecule has 17 heteroatoms. The first-order valence-corrected chi connectivity index (χ1v) is 14.2. The van der Waals surface area contributed by atoms with Gasteiger partial charge in [-0.05, 0) is 43.1 Å². The van der Waals surface area contributed by atoms with Crippen molar-refractivity contribution in [1.29, 1.82) is 0 Å². The molecule has 4 heterocycles. The van der Waals surface area contributed by atoms with Crippen LogP contribution in [0.15, 0.2) is 30.6 Å². The number of imidazole rings is 1. The Morgan fingerprint density at radius 3 is 2.36 bits per heavy atom. The molecule has 0 radical (unpaired) electrons. The van der Waals surface area contributed by atoms with Crippen LogP contribution in [0.3, 0.4) is 0 Å². The molecular weight excluding hydrogens is 610 g/mol. The summed E-state index contributed by atoms with van der Waals surface area (Å²) < 4.78 is 82.8. The van der Waals surface area contributed by atoms with Gasteiger partial charge in [-0.15, -0.1) is 0 Å². The zero-order chi connectivity index (χ0) is 32.2. The van der Waals surface area contributed by atoms with E-state index in [9.17, 15) is 36.3 Å². The molecular formula is C28H28F6N8O3. The van der Waals surface area contributed by atoms with Gasteiger partial charge in [0.25, 0.3) is 18.2 Å². The number of carbonyl (C=O) groups is 3. The summed E-state index contributed by atoms with van der Waals surface area (Å²) in [4.78, 5) is 45.9. The van der Waals surface area contributed by atoms with Crippen LogP contribution in [0.25, 0.3) is 11.3 Å². The Balaban J connectivity index is 1.10. The fraction of sp³-hybridized carbons (Fsp3) is 0.464. The molecule has 2 aromatic heterocycles. The van der Waals surface area contributed by atoms with Crippen molar-refractivity contribution in [3.8, 4) is 11.3 Å². The summed E-state index contributed by atoms with van der Waals surface area (Å²) in [5.74, 6) is -1.80. The van der Waals surface area contributed by atoms with Gasteiger partial charge >= 0.3 is 6.18 Å². The summed E-state index contributed by atoms with van der Waals surface area (Å²) in [6, 6.07) is 3.44. The van der Waals surface area contributed by atoms with E-state index >= 15 is 4.39 Å². The molecule has 1 aliphatic carbocycles. The van der Waals surface area contributed by atoms with Crippen LogP contribution in [0.1, 0.15) is 26.7 Å². The number of nitrogens with zero attached hydrogens (tertiary/aromatic N) is 6. The molecule has 6 rings (SSSR count). The van der Waals surface area contributed by atoms with Crippen LogP contribution in [0.2, 0.25) is 0 Å². The van der Waals surface area contributed by atoms with E-state index in [1.54, 1.807) is 4.90 Å². The number of amides is 3. The van der Waals surface area contributed by atoms with Crippen LogP contribution < -0.4 is 10.6 Å². The average Bonchev–Trinajstić information content (AvgIpc) is 3.35. The van der Waals surface area contributed by atoms with Crippen LogP contribution in [-0.2, 0) is 24.6 Å². The molecule has 1 aromatic carbocycles. The Bertz CT molecular complexity index is 1630. The Hall–Kier alpha value is -4.41. The van der Waals surface area contributed by atoms with E-state index in [0.29, 0.717) is 29.6 Å². The Labute approximate surface area is 252 Å². The fourth-order valence-electron chi connectivity index (χ4n) is 6.17. The number of piperazine rings is 1. The zero-order valence-electron chi connectivity index (χ0n) is 23.8. The van der Waals surface area contributed by atoms with Crippen LogP contribution in [-0.4, -0.2) is 92.5 Å². The lowest BCUT2D eigenvalue weighted by Gasteiger charge is -2.35. The quantitative estimate of drug-likeness (QED) is 0.385. The minimum Gasteiger partial charge on any atom is -0.339 e. The van der Waals surface area contributed by atoms with Gasteiger partial charge in [-0.25, -0.2) is 18.2 Å². The summed E-state index contributed by atoms with van der Waals surface area (Å²) >= 11 is 0. The lowest BCUT2D eigenvalue weighted by Crippen LogP contribution is -2.51. The predicted octanol–water partition coefficient (Wildman–Crippen LogP) is 2.71. The van der Waals surface area contributed by atoms with Crippen LogP contribution in [0, 0.1) is 23.6 Å². The number of aromatic nitrogens is 4. The molecule has 240 valence electrons. The molecule has 3 aromatic rings. The normalized spacial score (nSPS) is 21.3. The minimum absolute atomic E-state index is 0.0420. The standard InChI is InChI=1S/C28H28F6N8O3/c1-39-20(18-12-42(13-21(30)31)38-23(18)28(32,33)34)11-36-24(39)25(43)37-14-2-3-15(19(29)8-14)26(44)40-4-6-41(7-5-40)27(45)22-16-9-35-10-17(16)22/h2-3,8,11-12,16-17,21-22,35H,4-7,9-10,13H2,1H3,(H,37,43)/t16-,17+,22-. The largest absolute Gasteiger partial charge is 0.435 e. The molecule has 45 heavy (non-hydrogen) atoms. The summed E-state index contributed by atoms with van der Waals surface area (Å²) in [5, 5.41) is 8.89. The second-order valence-electron chi connectivity index (χ2n) is 11.3. The molecule has 3 fully saturated rings. The molecule has 0 spiro atoms. The number of nitrogens with one attached hydrogen (secondary N) is 2. The second-order valence-corrected chi connectivity index (χ2v) is 11.3. The third-order valence-electron chi connectivity index (χ3n) is 8.54. The molecule has 3 aliphatic rings. The maximum absolute atomic E-state index is 15.1. The Morgan fingerprint density at radius 2 is 1.73 bits per heavy atom. The first-order chi connectivity index (χ1) is 21.3. The maximum Gasteiger partial charge on any atom is 0.435 e. The Kier molecular flexibility index (Phi) is 7.82. The number of piperidine rings is 1. The molecule has 2 N–H and O–H groups in total. The number of hydrogen-bond acceptors (Lipinski definition) is 6. The van der Waals surface area contributed by atoms with Crippen molar-refractivity contribution in [1.82, 2.24) is 34.4 Å². The van der Waals surface area contributed by atoms with Crippen LogP contribution >= 0.6 is 0 Å². The van der Waals surface area contributed by atoms with Crippen molar-refractivity contribution >= 4 is 23.4 Å². The number of halogens is 6. The van der Waals surface area contributed by atoms with E-state index in [-0.39, 0.29) is 47.7 Å². The first-order valence-electron chi connectivity index (χ1n) is 14.2. The fourth-order valence-corrected chi connectivity index (χ4v) is 6.17. The van der Waals surface area contributed by atoms with Gasteiger partial charge in [-0.1, -0.05) is 0 Å². The topological polar surface area (TPSA) is 117 Å². The van der Waals surface area contributed by atoms with Crippen molar-refractivity contribution in [3.05, 3.63) is 53.5 Å². The van der Waals surface area contributed by atoms with Crippen LogP contribution in [0.5, 0.6) is 0 Å². The number of anilines is 1. The van der Waals surface area contributed by atoms with Gasteiger partial charge in [-0.2, -0.15) is 18.3 Å². The molecule has 2 saturated heterocycles. The van der Waals surface area contributed by atoms with Gasteiger partial charge in [0.05, 0.1) is 23.0 Å². The smallest absolute Gasteiger partial charge is 0.339 e. The monoisotopic (exact) mass is 638 g/mol. The van der Waals surface area contributed by atoms with E-state index in [0.717, 1.165) is 36.1 Å². The van der Waals surface area contributed by atoms with E-state index in [4.69, 9.17) is 0 Å². The number of hydrogen-bond donors (Lipinski definition) is 2. The van der Waals surface area contributed by atoms with Gasteiger partial charge in [0.15, 0.2) is 11.5 Å². The van der Waals surface area contributed by atoms with E-state index in [1.807, 2.05) is 0 Å². The molecule has 3 atom stereocenters. The van der Waals surface area contributed by atoms with Crippen molar-refractivity contribution in [2.24, 2.45) is 24.8 Å². The number of fused-ring (bicyclic) bond motifs is 1. The van der Waals surface area contributed by atoms with Crippen LogP contribution in [0.4, 0.5) is 32.0 Å². The minimum atomic E-state index is -4.97. The SMILES string of the molecule is Cn1c(-c2cn(CC(F)F)nc2C(F)(F)F)cnc1C(=O)Nc1ccc(C(=O)N2CCN(C(=O)[C@@H]3[C@@H]4CNC[C@@H]43)CC2)c(F)c1. The first kappa shape index (κ1) is 30.6. The highest BCUT2D eigenvalue weighted by molar-refractivity contribution is 6.03. The highest BCUT2D eigenvalue weighted by Crippen LogP contribution is 2.49. The number of rotatable bonds is 7. The van der Waals surface area contributed by atoms with Crippen molar-refractivity contribution < 1.29 is 40.7 Å². The summed E-state index contributed by atoms with van der Waals surface area (Å²) in [5.41, 5.74) is -2.45. The maximum atomic E-state index is 15.1. The van der Waals surface area contributed by atoms with Gasteiger partial charge < -0.3 is 25.0 Å². The molecule has 1 saturated carbocycles. The molecule has 11 nitrogen and oxygen atoms in total. The summed E-state index contributed by atoms with van der Waals surface area (Å²) in [6.07, 6.45) is -6.15. The highest BCUT2D eigenvalue weighted by atomic mass is 19.4. The number of carbonyl (C=O) groups excluding carboxylic acids is 3. The van der Waals surface area contributed by atoms with Gasteiger partial charge in [0.1, 0.15) is 12.4 Å². The second kappa shape index (κ2) is 11.5. The van der Waals surface area contributed by atoms with Crippen molar-refractivity contribution in [2.45, 2.75) is 19.1 Å².